The molecular formula is C18H22ClN3O3S. The lowest BCUT2D eigenvalue weighted by atomic mass is 9.92. The first kappa shape index (κ1) is 19.0. The summed E-state index contributed by atoms with van der Waals surface area (Å²) in [4.78, 5) is 14.3. The van der Waals surface area contributed by atoms with E-state index in [4.69, 9.17) is 20.8 Å². The predicted octanol–water partition coefficient (Wildman–Crippen LogP) is 3.90. The normalized spacial score (nSPS) is 20.2. The van der Waals surface area contributed by atoms with Gasteiger partial charge in [0.15, 0.2) is 6.61 Å². The molecule has 1 aromatic heterocycles. The van der Waals surface area contributed by atoms with Crippen molar-refractivity contribution in [1.29, 1.82) is 0 Å². The van der Waals surface area contributed by atoms with E-state index in [1.165, 1.54) is 18.2 Å². The van der Waals surface area contributed by atoms with E-state index in [0.29, 0.717) is 39.5 Å². The summed E-state index contributed by atoms with van der Waals surface area (Å²) in [5.74, 6) is 2.56. The van der Waals surface area contributed by atoms with Crippen LogP contribution >= 0.6 is 23.4 Å². The number of nitrogens with zero attached hydrogens (tertiary/aromatic N) is 3. The van der Waals surface area contributed by atoms with Gasteiger partial charge in [0.25, 0.3) is 11.1 Å². The Morgan fingerprint density at radius 3 is 2.65 bits per heavy atom. The lowest BCUT2D eigenvalue weighted by Crippen LogP contribution is -2.43. The molecule has 2 heterocycles. The first-order valence-corrected chi connectivity index (χ1v) is 9.97. The number of benzene rings is 1. The van der Waals surface area contributed by atoms with Crippen molar-refractivity contribution in [1.82, 2.24) is 15.1 Å². The van der Waals surface area contributed by atoms with Crippen LogP contribution < -0.4 is 4.74 Å². The monoisotopic (exact) mass is 395 g/mol. The van der Waals surface area contributed by atoms with Crippen LogP contribution in [0.25, 0.3) is 0 Å². The second-order valence-corrected chi connectivity index (χ2v) is 8.10. The van der Waals surface area contributed by atoms with Crippen molar-refractivity contribution in [2.45, 2.75) is 32.1 Å². The van der Waals surface area contributed by atoms with Crippen LogP contribution in [0.4, 0.5) is 0 Å². The molecule has 0 saturated carbocycles. The van der Waals surface area contributed by atoms with E-state index < -0.39 is 0 Å². The van der Waals surface area contributed by atoms with Gasteiger partial charge in [-0.3, -0.25) is 4.79 Å². The molecule has 6 nitrogen and oxygen atoms in total. The number of rotatable bonds is 6. The summed E-state index contributed by atoms with van der Waals surface area (Å²) >= 11 is 7.10. The minimum absolute atomic E-state index is 0.116. The van der Waals surface area contributed by atoms with Gasteiger partial charge in [0.05, 0.1) is 5.75 Å². The molecule has 26 heavy (non-hydrogen) atoms. The van der Waals surface area contributed by atoms with E-state index in [0.717, 1.165) is 13.1 Å². The van der Waals surface area contributed by atoms with Crippen LogP contribution in [0, 0.1) is 11.8 Å². The molecule has 1 aliphatic heterocycles. The van der Waals surface area contributed by atoms with E-state index in [1.54, 1.807) is 24.3 Å². The van der Waals surface area contributed by atoms with Gasteiger partial charge in [-0.25, -0.2) is 0 Å². The number of hydrogen-bond donors (Lipinski definition) is 0. The lowest BCUT2D eigenvalue weighted by Gasteiger charge is -2.34. The molecule has 1 aromatic carbocycles. The van der Waals surface area contributed by atoms with Gasteiger partial charge in [-0.2, -0.15) is 0 Å². The average Bonchev–Trinajstić information content (AvgIpc) is 3.06. The van der Waals surface area contributed by atoms with Gasteiger partial charge in [0.2, 0.25) is 5.91 Å². The fraction of sp³-hybridized carbons (Fsp3) is 0.500. The van der Waals surface area contributed by atoms with E-state index in [2.05, 4.69) is 24.0 Å². The summed E-state index contributed by atoms with van der Waals surface area (Å²) in [5, 5.41) is 8.94. The van der Waals surface area contributed by atoms with Crippen LogP contribution in [0.3, 0.4) is 0 Å². The number of thioether (sulfide) groups is 1. The highest BCUT2D eigenvalue weighted by molar-refractivity contribution is 7.99. The Morgan fingerprint density at radius 2 is 1.96 bits per heavy atom. The quantitative estimate of drug-likeness (QED) is 0.691. The smallest absolute Gasteiger partial charge is 0.277 e. The molecule has 0 spiro atoms. The molecule has 1 saturated heterocycles. The number of hydrogen-bond acceptors (Lipinski definition) is 6. The Balaban J connectivity index is 1.46. The zero-order valence-electron chi connectivity index (χ0n) is 14.9. The number of halogens is 1. The summed E-state index contributed by atoms with van der Waals surface area (Å²) in [6.07, 6.45) is 1.18. The Hall–Kier alpha value is -1.73. The lowest BCUT2D eigenvalue weighted by molar-refractivity contribution is -0.130. The van der Waals surface area contributed by atoms with E-state index in [-0.39, 0.29) is 12.5 Å². The number of piperidine rings is 1. The Bertz CT molecular complexity index is 728. The van der Waals surface area contributed by atoms with Gasteiger partial charge in [-0.05, 0) is 42.5 Å². The SMILES string of the molecule is C[C@H]1C[C@H](C)CN(C(=O)CSc2nnc(COc3ccc(Cl)cc3)o2)C1. The van der Waals surface area contributed by atoms with E-state index in [9.17, 15) is 4.79 Å². The fourth-order valence-corrected chi connectivity index (χ4v) is 3.92. The Morgan fingerprint density at radius 1 is 1.27 bits per heavy atom. The summed E-state index contributed by atoms with van der Waals surface area (Å²) < 4.78 is 11.1. The van der Waals surface area contributed by atoms with Crippen molar-refractivity contribution in [2.75, 3.05) is 18.8 Å². The highest BCUT2D eigenvalue weighted by Gasteiger charge is 2.25. The maximum absolute atomic E-state index is 12.4. The third-order valence-electron chi connectivity index (χ3n) is 4.16. The number of aromatic nitrogens is 2. The van der Waals surface area contributed by atoms with Gasteiger partial charge < -0.3 is 14.1 Å². The summed E-state index contributed by atoms with van der Waals surface area (Å²) in [6, 6.07) is 7.04. The summed E-state index contributed by atoms with van der Waals surface area (Å²) in [7, 11) is 0. The van der Waals surface area contributed by atoms with Crippen LogP contribution in [0.1, 0.15) is 26.2 Å². The molecule has 140 valence electrons. The third kappa shape index (κ3) is 5.38. The number of amides is 1. The zero-order valence-corrected chi connectivity index (χ0v) is 16.4. The molecule has 2 aromatic rings. The van der Waals surface area contributed by atoms with Crippen LogP contribution in [-0.4, -0.2) is 39.8 Å². The molecule has 3 rings (SSSR count). The topological polar surface area (TPSA) is 68.5 Å². The van der Waals surface area contributed by atoms with Gasteiger partial charge in [0.1, 0.15) is 5.75 Å². The van der Waals surface area contributed by atoms with Gasteiger partial charge in [-0.1, -0.05) is 37.2 Å². The van der Waals surface area contributed by atoms with Crippen LogP contribution in [0.5, 0.6) is 5.75 Å². The van der Waals surface area contributed by atoms with Crippen LogP contribution in [-0.2, 0) is 11.4 Å². The standard InChI is InChI=1S/C18H22ClN3O3S/c1-12-7-13(2)9-22(8-12)17(23)11-26-18-21-20-16(25-18)10-24-15-5-3-14(19)4-6-15/h3-6,12-13H,7-11H2,1-2H3/t12-,13-/m0/s1. The Labute approximate surface area is 162 Å². The largest absolute Gasteiger partial charge is 0.484 e. The van der Waals surface area contributed by atoms with Crippen molar-refractivity contribution in [3.05, 3.63) is 35.2 Å². The first-order valence-electron chi connectivity index (χ1n) is 8.61. The van der Waals surface area contributed by atoms with Crippen molar-refractivity contribution in [3.8, 4) is 5.75 Å². The second-order valence-electron chi connectivity index (χ2n) is 6.74. The van der Waals surface area contributed by atoms with Crippen molar-refractivity contribution in [3.63, 3.8) is 0 Å². The molecule has 0 aliphatic carbocycles. The molecule has 0 bridgehead atoms. The highest BCUT2D eigenvalue weighted by atomic mass is 35.5. The number of likely N-dealkylation sites (tertiary alicyclic amines) is 1. The average molecular weight is 396 g/mol. The summed E-state index contributed by atoms with van der Waals surface area (Å²) in [5.41, 5.74) is 0. The van der Waals surface area contributed by atoms with Gasteiger partial charge in [-0.15, -0.1) is 10.2 Å². The molecule has 1 amide bonds. The molecule has 0 N–H and O–H groups in total. The maximum atomic E-state index is 12.4. The summed E-state index contributed by atoms with van der Waals surface area (Å²) in [6.45, 7) is 6.20. The van der Waals surface area contributed by atoms with Gasteiger partial charge >= 0.3 is 0 Å². The van der Waals surface area contributed by atoms with Crippen LogP contribution in [0.2, 0.25) is 5.02 Å². The molecule has 2 atom stereocenters. The fourth-order valence-electron chi connectivity index (χ4n) is 3.11. The highest BCUT2D eigenvalue weighted by Crippen LogP contribution is 2.23. The molecule has 1 aliphatic rings. The zero-order chi connectivity index (χ0) is 18.5. The molecule has 0 radical (unpaired) electrons. The molecular weight excluding hydrogens is 374 g/mol. The predicted molar refractivity (Wildman–Crippen MR) is 100 cm³/mol. The van der Waals surface area contributed by atoms with Gasteiger partial charge in [0, 0.05) is 18.1 Å². The minimum Gasteiger partial charge on any atom is -0.484 e. The second kappa shape index (κ2) is 8.77. The van der Waals surface area contributed by atoms with Crippen molar-refractivity contribution >= 4 is 29.3 Å². The minimum atomic E-state index is 0.116. The molecule has 8 heteroatoms. The Kier molecular flexibility index (Phi) is 6.43. The number of carbonyl (C=O) groups excluding carboxylic acids is 1. The number of carbonyl (C=O) groups is 1. The third-order valence-corrected chi connectivity index (χ3v) is 5.22. The molecule has 0 unspecified atom stereocenters. The number of ether oxygens (including phenoxy) is 1. The van der Waals surface area contributed by atoms with E-state index in [1.807, 2.05) is 4.90 Å². The van der Waals surface area contributed by atoms with Crippen molar-refractivity contribution in [2.24, 2.45) is 11.8 Å². The van der Waals surface area contributed by atoms with Crippen LogP contribution in [0.15, 0.2) is 33.9 Å². The first-order chi connectivity index (χ1) is 12.5. The van der Waals surface area contributed by atoms with E-state index >= 15 is 0 Å². The maximum Gasteiger partial charge on any atom is 0.277 e. The van der Waals surface area contributed by atoms with Crippen molar-refractivity contribution < 1.29 is 13.9 Å². The molecule has 1 fully saturated rings.